The van der Waals surface area contributed by atoms with Crippen molar-refractivity contribution in [1.82, 2.24) is 9.88 Å². The normalized spacial score (nSPS) is 14.5. The number of aromatic amines is 1. The summed E-state index contributed by atoms with van der Waals surface area (Å²) < 4.78 is 0. The third-order valence-corrected chi connectivity index (χ3v) is 4.38. The highest BCUT2D eigenvalue weighted by Crippen LogP contribution is 2.29. The van der Waals surface area contributed by atoms with Gasteiger partial charge in [-0.1, -0.05) is 6.07 Å². The van der Waals surface area contributed by atoms with E-state index in [0.29, 0.717) is 11.7 Å². The minimum atomic E-state index is 0.0914. The first-order valence-corrected chi connectivity index (χ1v) is 8.12. The second-order valence-corrected chi connectivity index (χ2v) is 6.39. The fourth-order valence-corrected chi connectivity index (χ4v) is 3.10. The van der Waals surface area contributed by atoms with Crippen molar-refractivity contribution in [3.05, 3.63) is 35.0 Å². The zero-order chi connectivity index (χ0) is 15.7. The minimum absolute atomic E-state index is 0.0914. The first-order chi connectivity index (χ1) is 10.6. The van der Waals surface area contributed by atoms with E-state index in [-0.39, 0.29) is 12.5 Å². The van der Waals surface area contributed by atoms with Gasteiger partial charge < -0.3 is 15.0 Å². The topological polar surface area (TPSA) is 56.3 Å². The molecule has 4 heteroatoms. The quantitative estimate of drug-likeness (QED) is 0.805. The van der Waals surface area contributed by atoms with Crippen molar-refractivity contribution in [2.24, 2.45) is 0 Å². The minimum Gasteiger partial charge on any atom is -0.396 e. The monoisotopic (exact) mass is 300 g/mol. The summed E-state index contributed by atoms with van der Waals surface area (Å²) in [6, 6.07) is 6.60. The molecule has 22 heavy (non-hydrogen) atoms. The van der Waals surface area contributed by atoms with E-state index in [1.54, 1.807) is 0 Å². The molecule has 2 aromatic rings. The summed E-state index contributed by atoms with van der Waals surface area (Å²) in [5.74, 6) is 0.0914. The SMILES string of the molecule is Cc1cc(C)c2cc(C(=O)N(CCCCO)C3CC3)[nH]c2c1. The highest BCUT2D eigenvalue weighted by molar-refractivity contribution is 5.99. The molecule has 0 bridgehead atoms. The molecule has 1 heterocycles. The molecule has 0 unspecified atom stereocenters. The van der Waals surface area contributed by atoms with Crippen LogP contribution in [0.1, 0.15) is 47.3 Å². The summed E-state index contributed by atoms with van der Waals surface area (Å²) in [5, 5.41) is 10.1. The zero-order valence-electron chi connectivity index (χ0n) is 13.4. The summed E-state index contributed by atoms with van der Waals surface area (Å²) in [6.45, 7) is 5.08. The van der Waals surface area contributed by atoms with Crippen molar-refractivity contribution >= 4 is 16.8 Å². The Morgan fingerprint density at radius 1 is 1.27 bits per heavy atom. The van der Waals surface area contributed by atoms with Crippen LogP contribution in [0.3, 0.4) is 0 Å². The number of aromatic nitrogens is 1. The van der Waals surface area contributed by atoms with E-state index in [4.69, 9.17) is 5.11 Å². The molecule has 1 aromatic carbocycles. The molecule has 2 N–H and O–H groups in total. The summed E-state index contributed by atoms with van der Waals surface area (Å²) >= 11 is 0. The molecule has 3 rings (SSSR count). The average molecular weight is 300 g/mol. The number of H-pyrrole nitrogens is 1. The number of nitrogens with zero attached hydrogens (tertiary/aromatic N) is 1. The van der Waals surface area contributed by atoms with Gasteiger partial charge in [-0.3, -0.25) is 4.79 Å². The number of amides is 1. The lowest BCUT2D eigenvalue weighted by Crippen LogP contribution is -2.34. The number of aliphatic hydroxyl groups is 1. The number of nitrogens with one attached hydrogen (secondary N) is 1. The van der Waals surface area contributed by atoms with Crippen LogP contribution in [0.15, 0.2) is 18.2 Å². The Bertz CT molecular complexity index is 686. The lowest BCUT2D eigenvalue weighted by molar-refractivity contribution is 0.0732. The molecule has 4 nitrogen and oxygen atoms in total. The highest BCUT2D eigenvalue weighted by atomic mass is 16.3. The molecule has 1 aliphatic carbocycles. The summed E-state index contributed by atoms with van der Waals surface area (Å²) in [6.07, 6.45) is 3.81. The first kappa shape index (κ1) is 15.1. The van der Waals surface area contributed by atoms with Crippen LogP contribution in [-0.2, 0) is 0 Å². The number of unbranched alkanes of at least 4 members (excludes halogenated alkanes) is 1. The lowest BCUT2D eigenvalue weighted by atomic mass is 10.1. The van der Waals surface area contributed by atoms with Crippen LogP contribution < -0.4 is 0 Å². The Labute approximate surface area is 131 Å². The standard InChI is InChI=1S/C18H24N2O2/c1-12-9-13(2)15-11-17(19-16(15)10-12)18(22)20(14-5-6-14)7-3-4-8-21/h9-11,14,19,21H,3-8H2,1-2H3. The number of hydrogen-bond donors (Lipinski definition) is 2. The molecule has 1 aliphatic rings. The van der Waals surface area contributed by atoms with Crippen molar-refractivity contribution in [2.45, 2.75) is 45.6 Å². The van der Waals surface area contributed by atoms with Crippen LogP contribution >= 0.6 is 0 Å². The van der Waals surface area contributed by atoms with Gasteiger partial charge in [0.2, 0.25) is 0 Å². The van der Waals surface area contributed by atoms with E-state index in [9.17, 15) is 4.79 Å². The summed E-state index contributed by atoms with van der Waals surface area (Å²) in [7, 11) is 0. The molecule has 0 saturated heterocycles. The Balaban J connectivity index is 1.85. The van der Waals surface area contributed by atoms with Crippen LogP contribution in [0, 0.1) is 13.8 Å². The van der Waals surface area contributed by atoms with Gasteiger partial charge in [-0.25, -0.2) is 0 Å². The molecule has 118 valence electrons. The number of aliphatic hydroxyl groups excluding tert-OH is 1. The summed E-state index contributed by atoms with van der Waals surface area (Å²) in [5.41, 5.74) is 4.11. The van der Waals surface area contributed by atoms with Gasteiger partial charge in [-0.2, -0.15) is 0 Å². The number of hydrogen-bond acceptors (Lipinski definition) is 2. The average Bonchev–Trinajstić information content (AvgIpc) is 3.22. The number of aryl methyl sites for hydroxylation is 2. The van der Waals surface area contributed by atoms with Crippen LogP contribution in [0.2, 0.25) is 0 Å². The molecule has 1 fully saturated rings. The van der Waals surface area contributed by atoms with E-state index in [1.807, 2.05) is 11.0 Å². The van der Waals surface area contributed by atoms with Crippen LogP contribution in [0.25, 0.3) is 10.9 Å². The van der Waals surface area contributed by atoms with E-state index in [2.05, 4.69) is 31.0 Å². The molecule has 1 saturated carbocycles. The maximum atomic E-state index is 12.8. The Hall–Kier alpha value is -1.81. The van der Waals surface area contributed by atoms with Crippen LogP contribution in [0.5, 0.6) is 0 Å². The van der Waals surface area contributed by atoms with Gasteiger partial charge in [-0.05, 0) is 62.8 Å². The molecule has 0 spiro atoms. The smallest absolute Gasteiger partial charge is 0.270 e. The van der Waals surface area contributed by atoms with Crippen LogP contribution in [-0.4, -0.2) is 40.1 Å². The number of benzene rings is 1. The van der Waals surface area contributed by atoms with Crippen LogP contribution in [0.4, 0.5) is 0 Å². The molecule has 0 radical (unpaired) electrons. The predicted molar refractivity (Wildman–Crippen MR) is 88.2 cm³/mol. The maximum Gasteiger partial charge on any atom is 0.270 e. The molecular formula is C18H24N2O2. The fraction of sp³-hybridized carbons (Fsp3) is 0.500. The van der Waals surface area contributed by atoms with E-state index in [0.717, 1.165) is 43.1 Å². The molecule has 1 amide bonds. The predicted octanol–water partition coefficient (Wildman–Crippen LogP) is 3.16. The third kappa shape index (κ3) is 3.02. The van der Waals surface area contributed by atoms with E-state index >= 15 is 0 Å². The molecular weight excluding hydrogens is 276 g/mol. The Morgan fingerprint density at radius 2 is 2.05 bits per heavy atom. The third-order valence-electron chi connectivity index (χ3n) is 4.38. The van der Waals surface area contributed by atoms with Crippen molar-refractivity contribution in [3.8, 4) is 0 Å². The fourth-order valence-electron chi connectivity index (χ4n) is 3.10. The molecule has 0 atom stereocenters. The molecule has 0 aliphatic heterocycles. The second kappa shape index (κ2) is 6.13. The van der Waals surface area contributed by atoms with Crippen molar-refractivity contribution in [1.29, 1.82) is 0 Å². The van der Waals surface area contributed by atoms with Gasteiger partial charge >= 0.3 is 0 Å². The highest BCUT2D eigenvalue weighted by Gasteiger charge is 2.33. The van der Waals surface area contributed by atoms with Gasteiger partial charge in [0, 0.05) is 30.1 Å². The largest absolute Gasteiger partial charge is 0.396 e. The number of rotatable bonds is 6. The second-order valence-electron chi connectivity index (χ2n) is 6.39. The van der Waals surface area contributed by atoms with E-state index in [1.165, 1.54) is 11.1 Å². The number of carbonyl (C=O) groups excluding carboxylic acids is 1. The van der Waals surface area contributed by atoms with Gasteiger partial charge in [0.25, 0.3) is 5.91 Å². The maximum absolute atomic E-state index is 12.8. The van der Waals surface area contributed by atoms with Gasteiger partial charge in [0.05, 0.1) is 0 Å². The zero-order valence-corrected chi connectivity index (χ0v) is 13.4. The molecule has 1 aromatic heterocycles. The van der Waals surface area contributed by atoms with Gasteiger partial charge in [0.15, 0.2) is 0 Å². The first-order valence-electron chi connectivity index (χ1n) is 8.12. The summed E-state index contributed by atoms with van der Waals surface area (Å²) in [4.78, 5) is 18.1. The lowest BCUT2D eigenvalue weighted by Gasteiger charge is -2.21. The van der Waals surface area contributed by atoms with Crippen molar-refractivity contribution < 1.29 is 9.90 Å². The van der Waals surface area contributed by atoms with Crippen molar-refractivity contribution in [2.75, 3.05) is 13.2 Å². The number of carbonyl (C=O) groups is 1. The van der Waals surface area contributed by atoms with E-state index < -0.39 is 0 Å². The number of fused-ring (bicyclic) bond motifs is 1. The van der Waals surface area contributed by atoms with Gasteiger partial charge in [-0.15, -0.1) is 0 Å². The van der Waals surface area contributed by atoms with Crippen molar-refractivity contribution in [3.63, 3.8) is 0 Å². The Morgan fingerprint density at radius 3 is 2.73 bits per heavy atom. The van der Waals surface area contributed by atoms with Gasteiger partial charge in [0.1, 0.15) is 5.69 Å². The Kier molecular flexibility index (Phi) is 4.21.